The summed E-state index contributed by atoms with van der Waals surface area (Å²) in [6, 6.07) is 0.531. The van der Waals surface area contributed by atoms with E-state index < -0.39 is 0 Å². The van der Waals surface area contributed by atoms with Crippen LogP contribution in [0.3, 0.4) is 0 Å². The molecule has 1 heterocycles. The molecule has 0 aliphatic carbocycles. The van der Waals surface area contributed by atoms with Crippen molar-refractivity contribution in [2.75, 3.05) is 7.05 Å². The highest BCUT2D eigenvalue weighted by atomic mass is 127. The minimum absolute atomic E-state index is 0.531. The molecule has 4 heteroatoms. The van der Waals surface area contributed by atoms with E-state index in [0.29, 0.717) is 6.04 Å². The lowest BCUT2D eigenvalue weighted by Crippen LogP contribution is -2.28. The number of hydrogen-bond acceptors (Lipinski definition) is 3. The normalized spacial score (nSPS) is 12.8. The van der Waals surface area contributed by atoms with Crippen molar-refractivity contribution in [3.63, 3.8) is 0 Å². The summed E-state index contributed by atoms with van der Waals surface area (Å²) in [5.74, 6) is 0. The average molecular weight is 305 g/mol. The second-order valence-electron chi connectivity index (χ2n) is 3.30. The molecule has 14 heavy (non-hydrogen) atoms. The van der Waals surface area contributed by atoms with Crippen molar-refractivity contribution in [1.29, 1.82) is 0 Å². The second-order valence-corrected chi connectivity index (χ2v) is 4.46. The van der Waals surface area contributed by atoms with E-state index in [-0.39, 0.29) is 0 Å². The van der Waals surface area contributed by atoms with Crippen LogP contribution in [-0.2, 0) is 6.42 Å². The Labute approximate surface area is 98.9 Å². The summed E-state index contributed by atoms with van der Waals surface area (Å²) in [5, 5.41) is 3.31. The second kappa shape index (κ2) is 6.29. The molecule has 0 aliphatic rings. The number of hydrogen-bond donors (Lipinski definition) is 1. The molecule has 1 N–H and O–H groups in total. The van der Waals surface area contributed by atoms with Crippen LogP contribution < -0.4 is 5.32 Å². The van der Waals surface area contributed by atoms with Gasteiger partial charge in [0.15, 0.2) is 0 Å². The molecular formula is C10H16IN3. The van der Waals surface area contributed by atoms with Gasteiger partial charge in [-0.2, -0.15) is 0 Å². The summed E-state index contributed by atoms with van der Waals surface area (Å²) in [6.45, 7) is 2.20. The van der Waals surface area contributed by atoms with Crippen molar-refractivity contribution in [2.45, 2.75) is 32.2 Å². The third-order valence-corrected chi connectivity index (χ3v) is 3.13. The van der Waals surface area contributed by atoms with E-state index in [2.05, 4.69) is 44.8 Å². The van der Waals surface area contributed by atoms with Gasteiger partial charge in [-0.15, -0.1) is 0 Å². The molecule has 0 spiro atoms. The number of nitrogens with zero attached hydrogens (tertiary/aromatic N) is 2. The van der Waals surface area contributed by atoms with Crippen molar-refractivity contribution < 1.29 is 0 Å². The van der Waals surface area contributed by atoms with Gasteiger partial charge in [0.25, 0.3) is 0 Å². The first-order chi connectivity index (χ1) is 6.77. The van der Waals surface area contributed by atoms with Gasteiger partial charge in [0.1, 0.15) is 6.33 Å². The van der Waals surface area contributed by atoms with Gasteiger partial charge >= 0.3 is 0 Å². The summed E-state index contributed by atoms with van der Waals surface area (Å²) in [7, 11) is 2.01. The number of likely N-dealkylation sites (N-methyl/N-ethyl adjacent to an activating group) is 1. The summed E-state index contributed by atoms with van der Waals surface area (Å²) >= 11 is 2.29. The number of aromatic nitrogens is 2. The van der Waals surface area contributed by atoms with Gasteiger partial charge in [0.2, 0.25) is 0 Å². The molecule has 1 aromatic heterocycles. The largest absolute Gasteiger partial charge is 0.317 e. The monoisotopic (exact) mass is 305 g/mol. The Morgan fingerprint density at radius 3 is 2.93 bits per heavy atom. The SMILES string of the molecule is CCCC(Cc1ncncc1I)NC. The predicted molar refractivity (Wildman–Crippen MR) is 66.2 cm³/mol. The highest BCUT2D eigenvalue weighted by Gasteiger charge is 2.09. The van der Waals surface area contributed by atoms with Crippen molar-refractivity contribution >= 4 is 22.6 Å². The van der Waals surface area contributed by atoms with E-state index in [4.69, 9.17) is 0 Å². The molecule has 0 amide bonds. The van der Waals surface area contributed by atoms with Crippen LogP contribution in [0.25, 0.3) is 0 Å². The Morgan fingerprint density at radius 1 is 1.57 bits per heavy atom. The van der Waals surface area contributed by atoms with Crippen LogP contribution in [0.1, 0.15) is 25.5 Å². The maximum absolute atomic E-state index is 4.29. The molecule has 0 saturated carbocycles. The summed E-state index contributed by atoms with van der Waals surface area (Å²) in [6.07, 6.45) is 6.87. The minimum atomic E-state index is 0.531. The highest BCUT2D eigenvalue weighted by molar-refractivity contribution is 14.1. The van der Waals surface area contributed by atoms with Crippen LogP contribution in [0.15, 0.2) is 12.5 Å². The van der Waals surface area contributed by atoms with Crippen LogP contribution in [-0.4, -0.2) is 23.1 Å². The summed E-state index contributed by atoms with van der Waals surface area (Å²) < 4.78 is 1.15. The molecule has 1 rings (SSSR count). The molecule has 0 bridgehead atoms. The molecule has 0 saturated heterocycles. The van der Waals surface area contributed by atoms with Crippen LogP contribution in [0.2, 0.25) is 0 Å². The third kappa shape index (κ3) is 3.49. The van der Waals surface area contributed by atoms with Gasteiger partial charge in [-0.3, -0.25) is 0 Å². The van der Waals surface area contributed by atoms with Gasteiger partial charge in [0.05, 0.1) is 9.26 Å². The zero-order valence-electron chi connectivity index (χ0n) is 8.63. The molecule has 1 aromatic rings. The lowest BCUT2D eigenvalue weighted by Gasteiger charge is -2.14. The van der Waals surface area contributed by atoms with Crippen LogP contribution in [0, 0.1) is 3.57 Å². The fourth-order valence-electron chi connectivity index (χ4n) is 1.42. The maximum atomic E-state index is 4.29. The van der Waals surface area contributed by atoms with Gasteiger partial charge < -0.3 is 5.32 Å². The molecule has 0 aliphatic heterocycles. The summed E-state index contributed by atoms with van der Waals surface area (Å²) in [4.78, 5) is 8.27. The average Bonchev–Trinajstić information content (AvgIpc) is 2.20. The first-order valence-electron chi connectivity index (χ1n) is 4.89. The van der Waals surface area contributed by atoms with E-state index in [0.717, 1.165) is 15.7 Å². The smallest absolute Gasteiger partial charge is 0.115 e. The van der Waals surface area contributed by atoms with E-state index >= 15 is 0 Å². The zero-order chi connectivity index (χ0) is 10.4. The molecule has 1 atom stereocenters. The molecule has 0 fully saturated rings. The Bertz CT molecular complexity index is 278. The topological polar surface area (TPSA) is 37.8 Å². The van der Waals surface area contributed by atoms with E-state index in [1.165, 1.54) is 12.8 Å². The quantitative estimate of drug-likeness (QED) is 0.846. The van der Waals surface area contributed by atoms with Crippen LogP contribution in [0.5, 0.6) is 0 Å². The lowest BCUT2D eigenvalue weighted by molar-refractivity contribution is 0.507. The standard InChI is InChI=1S/C10H16IN3/c1-3-4-8(12-2)5-10-9(11)6-13-7-14-10/h6-8,12H,3-5H2,1-2H3. The van der Waals surface area contributed by atoms with E-state index in [9.17, 15) is 0 Å². The molecule has 78 valence electrons. The Hall–Kier alpha value is -0.230. The molecule has 3 nitrogen and oxygen atoms in total. The van der Waals surface area contributed by atoms with Gasteiger partial charge in [0, 0.05) is 18.7 Å². The number of halogens is 1. The Balaban J connectivity index is 2.62. The first kappa shape index (κ1) is 11.8. The number of rotatable bonds is 5. The number of nitrogens with one attached hydrogen (secondary N) is 1. The van der Waals surface area contributed by atoms with Crippen molar-refractivity contribution in [3.05, 3.63) is 21.8 Å². The maximum Gasteiger partial charge on any atom is 0.115 e. The van der Waals surface area contributed by atoms with Crippen LogP contribution >= 0.6 is 22.6 Å². The van der Waals surface area contributed by atoms with Gasteiger partial charge in [-0.05, 0) is 36.1 Å². The van der Waals surface area contributed by atoms with Gasteiger partial charge in [-0.1, -0.05) is 13.3 Å². The van der Waals surface area contributed by atoms with Gasteiger partial charge in [-0.25, -0.2) is 9.97 Å². The zero-order valence-corrected chi connectivity index (χ0v) is 10.8. The Kier molecular flexibility index (Phi) is 5.32. The van der Waals surface area contributed by atoms with Crippen molar-refractivity contribution in [3.8, 4) is 0 Å². The fourth-order valence-corrected chi connectivity index (χ4v) is 1.94. The molecule has 0 radical (unpaired) electrons. The lowest BCUT2D eigenvalue weighted by atomic mass is 10.1. The molecule has 1 unspecified atom stereocenters. The molecular weight excluding hydrogens is 289 g/mol. The minimum Gasteiger partial charge on any atom is -0.317 e. The van der Waals surface area contributed by atoms with E-state index in [1.807, 2.05) is 13.2 Å². The fraction of sp³-hybridized carbons (Fsp3) is 0.600. The third-order valence-electron chi connectivity index (χ3n) is 2.23. The van der Waals surface area contributed by atoms with Crippen LogP contribution in [0.4, 0.5) is 0 Å². The van der Waals surface area contributed by atoms with Crippen molar-refractivity contribution in [2.24, 2.45) is 0 Å². The predicted octanol–water partition coefficient (Wildman–Crippen LogP) is 2.01. The van der Waals surface area contributed by atoms with Crippen molar-refractivity contribution in [1.82, 2.24) is 15.3 Å². The van der Waals surface area contributed by atoms with E-state index in [1.54, 1.807) is 6.33 Å². The Morgan fingerprint density at radius 2 is 2.36 bits per heavy atom. The summed E-state index contributed by atoms with van der Waals surface area (Å²) in [5.41, 5.74) is 1.15. The highest BCUT2D eigenvalue weighted by Crippen LogP contribution is 2.11. The molecule has 0 aromatic carbocycles. The first-order valence-corrected chi connectivity index (χ1v) is 5.97.